The zero-order valence-corrected chi connectivity index (χ0v) is 15.5. The van der Waals surface area contributed by atoms with Gasteiger partial charge < -0.3 is 19.2 Å². The molecule has 0 bridgehead atoms. The zero-order valence-electron chi connectivity index (χ0n) is 15.5. The fourth-order valence-corrected chi connectivity index (χ4v) is 3.08. The van der Waals surface area contributed by atoms with Crippen LogP contribution in [0.15, 0.2) is 41.0 Å². The minimum atomic E-state index is -0.0876. The van der Waals surface area contributed by atoms with E-state index >= 15 is 0 Å². The van der Waals surface area contributed by atoms with Crippen LogP contribution in [-0.2, 0) is 11.3 Å². The van der Waals surface area contributed by atoms with E-state index in [9.17, 15) is 4.79 Å². The van der Waals surface area contributed by atoms with Crippen LogP contribution >= 0.6 is 0 Å². The van der Waals surface area contributed by atoms with E-state index in [1.807, 2.05) is 42.3 Å². The molecule has 1 aliphatic heterocycles. The molecule has 2 heterocycles. The summed E-state index contributed by atoms with van der Waals surface area (Å²) < 4.78 is 16.6. The predicted octanol–water partition coefficient (Wildman–Crippen LogP) is 3.00. The number of nitrogens with one attached hydrogen (secondary N) is 1. The van der Waals surface area contributed by atoms with Gasteiger partial charge in [0.05, 0.1) is 25.4 Å². The molecule has 1 unspecified atom stereocenters. The van der Waals surface area contributed by atoms with E-state index in [4.69, 9.17) is 13.9 Å². The molecular formula is C20H26N2O4. The van der Waals surface area contributed by atoms with Gasteiger partial charge in [-0.25, -0.2) is 0 Å². The summed E-state index contributed by atoms with van der Waals surface area (Å²) in [7, 11) is 1.90. The van der Waals surface area contributed by atoms with Crippen LogP contribution in [0.4, 0.5) is 0 Å². The van der Waals surface area contributed by atoms with Crippen LogP contribution < -0.4 is 14.8 Å². The molecule has 26 heavy (non-hydrogen) atoms. The van der Waals surface area contributed by atoms with Gasteiger partial charge in [0, 0.05) is 0 Å². The molecule has 2 aromatic rings. The number of hydrogen-bond acceptors (Lipinski definition) is 5. The predicted molar refractivity (Wildman–Crippen MR) is 98.2 cm³/mol. The van der Waals surface area contributed by atoms with E-state index in [1.165, 1.54) is 0 Å². The van der Waals surface area contributed by atoms with E-state index in [0.29, 0.717) is 26.3 Å². The summed E-state index contributed by atoms with van der Waals surface area (Å²) >= 11 is 0. The number of furan rings is 1. The van der Waals surface area contributed by atoms with Gasteiger partial charge in [0.1, 0.15) is 19.0 Å². The highest BCUT2D eigenvalue weighted by Crippen LogP contribution is 2.34. The second-order valence-electron chi connectivity index (χ2n) is 6.94. The van der Waals surface area contributed by atoms with Gasteiger partial charge >= 0.3 is 0 Å². The quantitative estimate of drug-likeness (QED) is 0.824. The molecule has 1 N–H and O–H groups in total. The van der Waals surface area contributed by atoms with Gasteiger partial charge in [-0.1, -0.05) is 19.9 Å². The van der Waals surface area contributed by atoms with Crippen molar-refractivity contribution in [3.8, 4) is 11.5 Å². The molecule has 1 aliphatic rings. The Kier molecular flexibility index (Phi) is 5.83. The van der Waals surface area contributed by atoms with Crippen LogP contribution in [0.25, 0.3) is 0 Å². The lowest BCUT2D eigenvalue weighted by molar-refractivity contribution is -0.123. The minimum Gasteiger partial charge on any atom is -0.486 e. The maximum absolute atomic E-state index is 12.5. The third-order valence-corrected chi connectivity index (χ3v) is 4.33. The van der Waals surface area contributed by atoms with Crippen molar-refractivity contribution in [2.45, 2.75) is 26.4 Å². The molecule has 1 amide bonds. The van der Waals surface area contributed by atoms with Gasteiger partial charge in [-0.2, -0.15) is 0 Å². The Morgan fingerprint density at radius 2 is 1.96 bits per heavy atom. The summed E-state index contributed by atoms with van der Waals surface area (Å²) in [6.07, 6.45) is 1.64. The summed E-state index contributed by atoms with van der Waals surface area (Å²) in [5.41, 5.74) is 1.02. The molecular weight excluding hydrogens is 332 g/mol. The van der Waals surface area contributed by atoms with E-state index in [2.05, 4.69) is 19.2 Å². The van der Waals surface area contributed by atoms with Gasteiger partial charge in [-0.05, 0) is 42.8 Å². The first-order valence-electron chi connectivity index (χ1n) is 8.93. The van der Waals surface area contributed by atoms with Gasteiger partial charge in [0.2, 0.25) is 5.91 Å². The zero-order chi connectivity index (χ0) is 18.5. The monoisotopic (exact) mass is 358 g/mol. The fraction of sp³-hybridized carbons (Fsp3) is 0.450. The smallest absolute Gasteiger partial charge is 0.234 e. The molecule has 6 heteroatoms. The van der Waals surface area contributed by atoms with Crippen LogP contribution in [-0.4, -0.2) is 37.6 Å². The summed E-state index contributed by atoms with van der Waals surface area (Å²) in [6.45, 7) is 6.19. The van der Waals surface area contributed by atoms with Crippen molar-refractivity contribution >= 4 is 5.91 Å². The number of ether oxygens (including phenoxy) is 2. The van der Waals surface area contributed by atoms with E-state index in [-0.39, 0.29) is 17.9 Å². The number of benzene rings is 1. The highest BCUT2D eigenvalue weighted by atomic mass is 16.6. The lowest BCUT2D eigenvalue weighted by Gasteiger charge is -2.26. The van der Waals surface area contributed by atoms with Gasteiger partial charge in [0.25, 0.3) is 0 Å². The van der Waals surface area contributed by atoms with Crippen LogP contribution in [0.2, 0.25) is 0 Å². The second kappa shape index (κ2) is 8.27. The molecule has 1 aromatic carbocycles. The Bertz CT molecular complexity index is 727. The van der Waals surface area contributed by atoms with E-state index < -0.39 is 0 Å². The number of carbonyl (C=O) groups is 1. The number of hydrogen-bond donors (Lipinski definition) is 1. The molecule has 0 aliphatic carbocycles. The van der Waals surface area contributed by atoms with Crippen molar-refractivity contribution in [2.24, 2.45) is 5.92 Å². The molecule has 0 fully saturated rings. The Hall–Kier alpha value is -2.47. The first-order valence-corrected chi connectivity index (χ1v) is 8.93. The highest BCUT2D eigenvalue weighted by Gasteiger charge is 2.22. The standard InChI is InChI=1S/C20H26N2O4/c1-14(2)20(15-6-7-17-18(11-15)26-10-9-25-17)21-19(23)13-22(3)12-16-5-4-8-24-16/h4-8,11,14,20H,9-10,12-13H2,1-3H3,(H,21,23). The van der Waals surface area contributed by atoms with Crippen LogP contribution in [0, 0.1) is 5.92 Å². The molecule has 1 atom stereocenters. The Labute approximate surface area is 154 Å². The Morgan fingerprint density at radius 1 is 1.19 bits per heavy atom. The average Bonchev–Trinajstić information content (AvgIpc) is 3.11. The van der Waals surface area contributed by atoms with Gasteiger partial charge in [-0.3, -0.25) is 9.69 Å². The topological polar surface area (TPSA) is 63.9 Å². The summed E-state index contributed by atoms with van der Waals surface area (Å²) in [4.78, 5) is 14.4. The largest absolute Gasteiger partial charge is 0.486 e. The number of amides is 1. The van der Waals surface area contributed by atoms with Gasteiger partial charge in [-0.15, -0.1) is 0 Å². The average molecular weight is 358 g/mol. The maximum atomic E-state index is 12.5. The SMILES string of the molecule is CC(C)C(NC(=O)CN(C)Cc1ccco1)c1ccc2c(c1)OCCO2. The van der Waals surface area contributed by atoms with Crippen molar-refractivity contribution in [1.82, 2.24) is 10.2 Å². The van der Waals surface area contributed by atoms with Crippen LogP contribution in [0.1, 0.15) is 31.2 Å². The Morgan fingerprint density at radius 3 is 2.65 bits per heavy atom. The molecule has 140 valence electrons. The van der Waals surface area contributed by atoms with Crippen molar-refractivity contribution < 1.29 is 18.7 Å². The number of fused-ring (bicyclic) bond motifs is 1. The van der Waals surface area contributed by atoms with Crippen molar-refractivity contribution in [3.05, 3.63) is 47.9 Å². The van der Waals surface area contributed by atoms with Crippen molar-refractivity contribution in [2.75, 3.05) is 26.8 Å². The third-order valence-electron chi connectivity index (χ3n) is 4.33. The van der Waals surface area contributed by atoms with E-state index in [0.717, 1.165) is 22.8 Å². The minimum absolute atomic E-state index is 0.0207. The number of nitrogens with zero attached hydrogens (tertiary/aromatic N) is 1. The summed E-state index contributed by atoms with van der Waals surface area (Å²) in [5, 5.41) is 3.14. The first kappa shape index (κ1) is 18.3. The van der Waals surface area contributed by atoms with Crippen molar-refractivity contribution in [1.29, 1.82) is 0 Å². The van der Waals surface area contributed by atoms with Crippen LogP contribution in [0.3, 0.4) is 0 Å². The van der Waals surface area contributed by atoms with Crippen LogP contribution in [0.5, 0.6) is 11.5 Å². The number of rotatable bonds is 7. The molecule has 6 nitrogen and oxygen atoms in total. The summed E-state index contributed by atoms with van der Waals surface area (Å²) in [6, 6.07) is 9.53. The molecule has 0 saturated carbocycles. The highest BCUT2D eigenvalue weighted by molar-refractivity contribution is 5.78. The number of carbonyl (C=O) groups excluding carboxylic acids is 1. The lowest BCUT2D eigenvalue weighted by atomic mass is 9.95. The number of likely N-dealkylation sites (N-methyl/N-ethyl adjacent to an activating group) is 1. The summed E-state index contributed by atoms with van der Waals surface area (Å²) in [5.74, 6) is 2.56. The molecule has 3 rings (SSSR count). The first-order chi connectivity index (χ1) is 12.5. The lowest BCUT2D eigenvalue weighted by Crippen LogP contribution is -2.38. The molecule has 0 spiro atoms. The van der Waals surface area contributed by atoms with Crippen molar-refractivity contribution in [3.63, 3.8) is 0 Å². The Balaban J connectivity index is 1.63. The molecule has 0 radical (unpaired) electrons. The third kappa shape index (κ3) is 4.58. The maximum Gasteiger partial charge on any atom is 0.234 e. The normalized spacial score (nSPS) is 14.5. The molecule has 0 saturated heterocycles. The van der Waals surface area contributed by atoms with E-state index in [1.54, 1.807) is 6.26 Å². The second-order valence-corrected chi connectivity index (χ2v) is 6.94. The van der Waals surface area contributed by atoms with Gasteiger partial charge in [0.15, 0.2) is 11.5 Å². The molecule has 1 aromatic heterocycles. The fourth-order valence-electron chi connectivity index (χ4n) is 3.08.